The molecule has 1 aromatic heterocycles. The molecule has 26 heavy (non-hydrogen) atoms. The molecule has 5 aliphatic rings. The van der Waals surface area contributed by atoms with Gasteiger partial charge in [0, 0.05) is 18.9 Å². The number of hydrogen-bond acceptors (Lipinski definition) is 4. The van der Waals surface area contributed by atoms with E-state index in [1.54, 1.807) is 12.4 Å². The summed E-state index contributed by atoms with van der Waals surface area (Å²) in [6.45, 7) is 1.56. The molecule has 4 bridgehead atoms. The van der Waals surface area contributed by atoms with Crippen LogP contribution in [0.4, 0.5) is 0 Å². The molecule has 1 unspecified atom stereocenters. The van der Waals surface area contributed by atoms with Crippen molar-refractivity contribution >= 4 is 21.8 Å². The number of halogens is 1. The summed E-state index contributed by atoms with van der Waals surface area (Å²) in [5, 5.41) is 0. The second kappa shape index (κ2) is 6.47. The molecule has 0 spiro atoms. The van der Waals surface area contributed by atoms with Crippen LogP contribution in [0.15, 0.2) is 16.9 Å². The normalized spacial score (nSPS) is 38.4. The van der Waals surface area contributed by atoms with E-state index in [1.807, 2.05) is 0 Å². The molecule has 2 heterocycles. The Morgan fingerprint density at radius 2 is 1.73 bits per heavy atom. The number of hydrogen-bond donors (Lipinski definition) is 0. The minimum atomic E-state index is -0.0508. The minimum absolute atomic E-state index is 0.00258. The van der Waals surface area contributed by atoms with Crippen molar-refractivity contribution in [2.75, 3.05) is 13.1 Å². The summed E-state index contributed by atoms with van der Waals surface area (Å²) in [6.07, 6.45) is 12.9. The topological polar surface area (TPSA) is 55.3 Å². The van der Waals surface area contributed by atoms with Gasteiger partial charge in [-0.3, -0.25) is 4.79 Å². The standard InChI is InChI=1S/C20H26BrN3O2/c21-16-10-22-19(23-11-16)26-17-2-1-3-24(12-17)18(25)20-7-13-4-14(8-20)6-15(5-13)9-20/h10-11,13-15,17H,1-9,12H2. The Balaban J connectivity index is 1.28. The van der Waals surface area contributed by atoms with E-state index in [2.05, 4.69) is 30.8 Å². The first kappa shape index (κ1) is 17.0. The number of ether oxygens (including phenoxy) is 1. The fraction of sp³-hybridized carbons (Fsp3) is 0.750. The number of carbonyl (C=O) groups is 1. The van der Waals surface area contributed by atoms with Crippen LogP contribution < -0.4 is 4.74 Å². The van der Waals surface area contributed by atoms with E-state index in [1.165, 1.54) is 19.3 Å². The maximum absolute atomic E-state index is 13.5. The van der Waals surface area contributed by atoms with Gasteiger partial charge in [0.05, 0.1) is 16.4 Å². The van der Waals surface area contributed by atoms with Crippen LogP contribution >= 0.6 is 15.9 Å². The van der Waals surface area contributed by atoms with Crippen molar-refractivity contribution in [1.29, 1.82) is 0 Å². The van der Waals surface area contributed by atoms with Crippen molar-refractivity contribution in [3.8, 4) is 6.01 Å². The van der Waals surface area contributed by atoms with Crippen molar-refractivity contribution in [3.63, 3.8) is 0 Å². The number of piperidine rings is 1. The third kappa shape index (κ3) is 3.04. The van der Waals surface area contributed by atoms with Gasteiger partial charge >= 0.3 is 6.01 Å². The van der Waals surface area contributed by atoms with E-state index < -0.39 is 0 Å². The van der Waals surface area contributed by atoms with E-state index in [0.29, 0.717) is 18.5 Å². The Bertz CT molecular complexity index is 658. The van der Waals surface area contributed by atoms with Gasteiger partial charge in [0.2, 0.25) is 5.91 Å². The zero-order chi connectivity index (χ0) is 17.7. The van der Waals surface area contributed by atoms with Crippen LogP contribution in [-0.4, -0.2) is 40.0 Å². The highest BCUT2D eigenvalue weighted by atomic mass is 79.9. The molecule has 140 valence electrons. The number of rotatable bonds is 3. The fourth-order valence-electron chi connectivity index (χ4n) is 6.44. The molecule has 0 N–H and O–H groups in total. The van der Waals surface area contributed by atoms with E-state index in [-0.39, 0.29) is 11.5 Å². The van der Waals surface area contributed by atoms with Gasteiger partial charge in [-0.15, -0.1) is 0 Å². The lowest BCUT2D eigenvalue weighted by molar-refractivity contribution is -0.160. The molecule has 4 saturated carbocycles. The van der Waals surface area contributed by atoms with Crippen LogP contribution in [0.25, 0.3) is 0 Å². The molecule has 1 atom stereocenters. The molecule has 1 aliphatic heterocycles. The van der Waals surface area contributed by atoms with Crippen LogP contribution in [0, 0.1) is 23.2 Å². The van der Waals surface area contributed by atoms with E-state index in [0.717, 1.165) is 60.9 Å². The predicted octanol–water partition coefficient (Wildman–Crippen LogP) is 3.83. The Hall–Kier alpha value is -1.17. The van der Waals surface area contributed by atoms with Crippen molar-refractivity contribution in [2.45, 2.75) is 57.5 Å². The molecule has 5 nitrogen and oxygen atoms in total. The first-order valence-corrected chi connectivity index (χ1v) is 10.8. The number of carbonyl (C=O) groups excluding carboxylic acids is 1. The van der Waals surface area contributed by atoms with Gasteiger partial charge in [0.25, 0.3) is 0 Å². The monoisotopic (exact) mass is 419 g/mol. The lowest BCUT2D eigenvalue weighted by Gasteiger charge is -2.57. The summed E-state index contributed by atoms with van der Waals surface area (Å²) in [6, 6.07) is 0.405. The Kier molecular flexibility index (Phi) is 4.22. The van der Waals surface area contributed by atoms with Crippen LogP contribution in [0.2, 0.25) is 0 Å². The average Bonchev–Trinajstić information content (AvgIpc) is 2.62. The lowest BCUT2D eigenvalue weighted by atomic mass is 9.49. The van der Waals surface area contributed by atoms with Gasteiger partial charge in [-0.2, -0.15) is 0 Å². The number of amides is 1. The van der Waals surface area contributed by atoms with Crippen LogP contribution in [-0.2, 0) is 4.79 Å². The first-order valence-electron chi connectivity index (χ1n) is 10.0. The SMILES string of the molecule is O=C(N1CCCC(Oc2ncc(Br)cn2)C1)C12CC3CC(CC(C3)C1)C2. The third-order valence-electron chi connectivity index (χ3n) is 7.03. The molecule has 5 fully saturated rings. The van der Waals surface area contributed by atoms with Crippen molar-refractivity contribution in [3.05, 3.63) is 16.9 Å². The maximum atomic E-state index is 13.5. The van der Waals surface area contributed by atoms with Gasteiger partial charge in [-0.25, -0.2) is 9.97 Å². The van der Waals surface area contributed by atoms with E-state index in [4.69, 9.17) is 4.74 Å². The quantitative estimate of drug-likeness (QED) is 0.746. The summed E-state index contributed by atoms with van der Waals surface area (Å²) in [5.74, 6) is 2.83. The van der Waals surface area contributed by atoms with Crippen molar-refractivity contribution < 1.29 is 9.53 Å². The molecular weight excluding hydrogens is 394 g/mol. The summed E-state index contributed by atoms with van der Waals surface area (Å²) < 4.78 is 6.81. The average molecular weight is 420 g/mol. The van der Waals surface area contributed by atoms with Crippen molar-refractivity contribution in [2.24, 2.45) is 23.2 Å². The molecule has 1 aromatic rings. The molecule has 6 heteroatoms. The highest BCUT2D eigenvalue weighted by Gasteiger charge is 2.55. The zero-order valence-corrected chi connectivity index (χ0v) is 16.7. The number of nitrogens with zero attached hydrogens (tertiary/aromatic N) is 3. The molecule has 0 radical (unpaired) electrons. The number of aromatic nitrogens is 2. The summed E-state index contributed by atoms with van der Waals surface area (Å²) in [4.78, 5) is 24.1. The molecule has 1 amide bonds. The lowest BCUT2D eigenvalue weighted by Crippen LogP contribution is -2.57. The number of likely N-dealkylation sites (tertiary alicyclic amines) is 1. The molecule has 1 saturated heterocycles. The smallest absolute Gasteiger partial charge is 0.316 e. The van der Waals surface area contributed by atoms with Gasteiger partial charge in [0.15, 0.2) is 0 Å². The summed E-state index contributed by atoms with van der Waals surface area (Å²) in [7, 11) is 0. The van der Waals surface area contributed by atoms with E-state index in [9.17, 15) is 4.79 Å². The highest BCUT2D eigenvalue weighted by molar-refractivity contribution is 9.10. The van der Waals surface area contributed by atoms with Crippen molar-refractivity contribution in [1.82, 2.24) is 14.9 Å². The molecule has 0 aromatic carbocycles. The van der Waals surface area contributed by atoms with Crippen LogP contribution in [0.5, 0.6) is 6.01 Å². The highest BCUT2D eigenvalue weighted by Crippen LogP contribution is 2.60. The van der Waals surface area contributed by atoms with Gasteiger partial charge < -0.3 is 9.64 Å². The first-order chi connectivity index (χ1) is 12.6. The van der Waals surface area contributed by atoms with E-state index >= 15 is 0 Å². The molecular formula is C20H26BrN3O2. The molecule has 4 aliphatic carbocycles. The van der Waals surface area contributed by atoms with Crippen LogP contribution in [0.3, 0.4) is 0 Å². The predicted molar refractivity (Wildman–Crippen MR) is 101 cm³/mol. The Morgan fingerprint density at radius 3 is 2.35 bits per heavy atom. The Morgan fingerprint density at radius 1 is 1.12 bits per heavy atom. The fourth-order valence-corrected chi connectivity index (χ4v) is 6.64. The third-order valence-corrected chi connectivity index (χ3v) is 7.44. The largest absolute Gasteiger partial charge is 0.458 e. The second-order valence-electron chi connectivity index (χ2n) is 9.01. The van der Waals surface area contributed by atoms with Gasteiger partial charge in [-0.1, -0.05) is 0 Å². The maximum Gasteiger partial charge on any atom is 0.316 e. The second-order valence-corrected chi connectivity index (χ2v) is 9.93. The zero-order valence-electron chi connectivity index (χ0n) is 15.1. The molecule has 6 rings (SSSR count). The summed E-state index contributed by atoms with van der Waals surface area (Å²) >= 11 is 3.34. The summed E-state index contributed by atoms with van der Waals surface area (Å²) in [5.41, 5.74) is -0.0508. The minimum Gasteiger partial charge on any atom is -0.458 e. The van der Waals surface area contributed by atoms with Gasteiger partial charge in [-0.05, 0) is 85.1 Å². The Labute approximate surface area is 163 Å². The van der Waals surface area contributed by atoms with Gasteiger partial charge in [0.1, 0.15) is 6.10 Å². The van der Waals surface area contributed by atoms with Crippen LogP contribution in [0.1, 0.15) is 51.4 Å².